The lowest BCUT2D eigenvalue weighted by Crippen LogP contribution is -2.50. The Kier molecular flexibility index (Phi) is 5.88. The van der Waals surface area contributed by atoms with Crippen molar-refractivity contribution in [3.8, 4) is 0 Å². The summed E-state index contributed by atoms with van der Waals surface area (Å²) in [5, 5.41) is 0.647. The Hall–Kier alpha value is -2.33. The number of sulfonamides is 1. The molecule has 0 N–H and O–H groups in total. The molecule has 1 saturated heterocycles. The fourth-order valence-corrected chi connectivity index (χ4v) is 5.63. The summed E-state index contributed by atoms with van der Waals surface area (Å²) in [6.07, 6.45) is 3.21. The smallest absolute Gasteiger partial charge is 0.246 e. The molecule has 7 nitrogen and oxygen atoms in total. The molecule has 3 aromatic rings. The number of fused-ring (bicyclic) bond motifs is 1. The molecule has 0 saturated carbocycles. The molecule has 1 amide bonds. The first-order valence-corrected chi connectivity index (χ1v) is 11.9. The highest BCUT2D eigenvalue weighted by atomic mass is 35.5. The van der Waals surface area contributed by atoms with Gasteiger partial charge in [0.15, 0.2) is 0 Å². The van der Waals surface area contributed by atoms with Crippen molar-refractivity contribution in [2.24, 2.45) is 0 Å². The maximum absolute atomic E-state index is 13.1. The van der Waals surface area contributed by atoms with Crippen LogP contribution in [-0.2, 0) is 14.8 Å². The highest BCUT2D eigenvalue weighted by Crippen LogP contribution is 2.25. The van der Waals surface area contributed by atoms with Crippen molar-refractivity contribution in [2.75, 3.05) is 26.2 Å². The molecule has 0 atom stereocenters. The highest BCUT2D eigenvalue weighted by Gasteiger charge is 2.31. The van der Waals surface area contributed by atoms with E-state index >= 15 is 0 Å². The monoisotopic (exact) mass is 462 g/mol. The summed E-state index contributed by atoms with van der Waals surface area (Å²) in [7, 11) is -3.70. The Morgan fingerprint density at radius 2 is 1.90 bits per heavy atom. The second-order valence-corrected chi connectivity index (χ2v) is 9.80. The van der Waals surface area contributed by atoms with Crippen LogP contribution in [-0.4, -0.2) is 58.5 Å². The van der Waals surface area contributed by atoms with Crippen LogP contribution >= 0.6 is 23.3 Å². The minimum absolute atomic E-state index is 0.157. The third kappa shape index (κ3) is 4.11. The number of halogens is 1. The summed E-state index contributed by atoms with van der Waals surface area (Å²) in [4.78, 5) is 14.3. The molecule has 2 aromatic carbocycles. The molecule has 1 aliphatic rings. The van der Waals surface area contributed by atoms with Gasteiger partial charge < -0.3 is 4.90 Å². The number of hydrogen-bond donors (Lipinski definition) is 0. The zero-order valence-electron chi connectivity index (χ0n) is 16.2. The van der Waals surface area contributed by atoms with Gasteiger partial charge >= 0.3 is 0 Å². The van der Waals surface area contributed by atoms with E-state index in [-0.39, 0.29) is 23.9 Å². The van der Waals surface area contributed by atoms with E-state index in [2.05, 4.69) is 8.75 Å². The quantitative estimate of drug-likeness (QED) is 0.556. The SMILES string of the molecule is Cc1ccc(/C=C/C(=O)N2CCN(S(=O)(=O)c3cccc4nsnc34)CC2)cc1Cl. The molecule has 0 radical (unpaired) electrons. The van der Waals surface area contributed by atoms with Crippen LogP contribution in [0.15, 0.2) is 47.4 Å². The lowest BCUT2D eigenvalue weighted by atomic mass is 10.1. The summed E-state index contributed by atoms with van der Waals surface area (Å²) in [5.74, 6) is -0.158. The van der Waals surface area contributed by atoms with Crippen molar-refractivity contribution in [1.29, 1.82) is 0 Å². The molecule has 1 aliphatic heterocycles. The molecule has 10 heteroatoms. The predicted octanol–water partition coefficient (Wildman–Crippen LogP) is 3.20. The average Bonchev–Trinajstić information content (AvgIpc) is 3.23. The fourth-order valence-electron chi connectivity index (χ4n) is 3.26. The summed E-state index contributed by atoms with van der Waals surface area (Å²) in [5.41, 5.74) is 2.77. The largest absolute Gasteiger partial charge is 0.337 e. The Labute approximate surface area is 184 Å². The van der Waals surface area contributed by atoms with Gasteiger partial charge in [-0.2, -0.15) is 13.1 Å². The van der Waals surface area contributed by atoms with Crippen LogP contribution < -0.4 is 0 Å². The van der Waals surface area contributed by atoms with Gasteiger partial charge in [0.1, 0.15) is 15.9 Å². The Bertz CT molecular complexity index is 1230. The minimum atomic E-state index is -3.70. The van der Waals surface area contributed by atoms with E-state index < -0.39 is 10.0 Å². The van der Waals surface area contributed by atoms with Gasteiger partial charge in [0.2, 0.25) is 15.9 Å². The van der Waals surface area contributed by atoms with Gasteiger partial charge in [-0.15, -0.1) is 0 Å². The van der Waals surface area contributed by atoms with Crippen LogP contribution in [0.4, 0.5) is 0 Å². The standard InChI is InChI=1S/C20H19ClN4O3S2/c1-14-5-6-15(13-16(14)21)7-8-19(26)24-9-11-25(12-10-24)30(27,28)18-4-2-3-17-20(18)23-29-22-17/h2-8,13H,9-12H2,1H3/b8-7+. The molecule has 156 valence electrons. The van der Waals surface area contributed by atoms with Crippen molar-refractivity contribution in [1.82, 2.24) is 18.0 Å². The van der Waals surface area contributed by atoms with Crippen molar-refractivity contribution >= 4 is 56.4 Å². The average molecular weight is 463 g/mol. The normalized spacial score (nSPS) is 15.9. The summed E-state index contributed by atoms with van der Waals surface area (Å²) < 4.78 is 35.8. The summed E-state index contributed by atoms with van der Waals surface area (Å²) >= 11 is 7.10. The van der Waals surface area contributed by atoms with Gasteiger partial charge in [0.25, 0.3) is 0 Å². The number of amides is 1. The summed E-state index contributed by atoms with van der Waals surface area (Å²) in [6, 6.07) is 10.5. The first-order chi connectivity index (χ1) is 14.4. The van der Waals surface area contributed by atoms with Crippen LogP contribution in [0.1, 0.15) is 11.1 Å². The van der Waals surface area contributed by atoms with Gasteiger partial charge in [-0.05, 0) is 42.3 Å². The van der Waals surface area contributed by atoms with Crippen LogP contribution in [0, 0.1) is 6.92 Å². The van der Waals surface area contributed by atoms with E-state index in [1.807, 2.05) is 19.1 Å². The van der Waals surface area contributed by atoms with Gasteiger partial charge in [0, 0.05) is 37.3 Å². The van der Waals surface area contributed by atoms with Crippen molar-refractivity contribution in [2.45, 2.75) is 11.8 Å². The second kappa shape index (κ2) is 8.43. The number of carbonyl (C=O) groups is 1. The number of benzene rings is 2. The van der Waals surface area contributed by atoms with Crippen LogP contribution in [0.3, 0.4) is 0 Å². The number of piperazine rings is 1. The van der Waals surface area contributed by atoms with Crippen LogP contribution in [0.2, 0.25) is 5.02 Å². The molecule has 1 fully saturated rings. The molecule has 0 bridgehead atoms. The number of nitrogens with zero attached hydrogens (tertiary/aromatic N) is 4. The Morgan fingerprint density at radius 1 is 1.13 bits per heavy atom. The van der Waals surface area contributed by atoms with E-state index in [0.29, 0.717) is 29.1 Å². The van der Waals surface area contributed by atoms with Crippen LogP contribution in [0.5, 0.6) is 0 Å². The van der Waals surface area contributed by atoms with Gasteiger partial charge in [-0.3, -0.25) is 4.79 Å². The molecule has 4 rings (SSSR count). The zero-order valence-corrected chi connectivity index (χ0v) is 18.5. The number of carbonyl (C=O) groups excluding carboxylic acids is 1. The zero-order chi connectivity index (χ0) is 21.3. The molecule has 0 aliphatic carbocycles. The van der Waals surface area contributed by atoms with Crippen molar-refractivity contribution in [3.63, 3.8) is 0 Å². The van der Waals surface area contributed by atoms with Gasteiger partial charge in [-0.1, -0.05) is 29.8 Å². The van der Waals surface area contributed by atoms with Crippen molar-refractivity contribution < 1.29 is 13.2 Å². The lowest BCUT2D eigenvalue weighted by Gasteiger charge is -2.33. The minimum Gasteiger partial charge on any atom is -0.337 e. The maximum Gasteiger partial charge on any atom is 0.246 e. The first kappa shape index (κ1) is 20.9. The number of rotatable bonds is 4. The van der Waals surface area contributed by atoms with E-state index in [1.165, 1.54) is 10.4 Å². The van der Waals surface area contributed by atoms with Gasteiger partial charge in [0.05, 0.1) is 11.7 Å². The van der Waals surface area contributed by atoms with Crippen molar-refractivity contribution in [3.05, 3.63) is 58.6 Å². The molecule has 0 spiro atoms. The Balaban J connectivity index is 1.43. The lowest BCUT2D eigenvalue weighted by molar-refractivity contribution is -0.127. The van der Waals surface area contributed by atoms with E-state index in [9.17, 15) is 13.2 Å². The molecular weight excluding hydrogens is 444 g/mol. The molecular formula is C20H19ClN4O3S2. The molecule has 30 heavy (non-hydrogen) atoms. The third-order valence-corrected chi connectivity index (χ3v) is 7.91. The first-order valence-electron chi connectivity index (χ1n) is 9.31. The Morgan fingerprint density at radius 3 is 2.63 bits per heavy atom. The number of aryl methyl sites for hydroxylation is 1. The second-order valence-electron chi connectivity index (χ2n) is 6.96. The van der Waals surface area contributed by atoms with Gasteiger partial charge in [-0.25, -0.2) is 8.42 Å². The fraction of sp³-hybridized carbons (Fsp3) is 0.250. The van der Waals surface area contributed by atoms with E-state index in [1.54, 1.807) is 35.2 Å². The predicted molar refractivity (Wildman–Crippen MR) is 118 cm³/mol. The number of hydrogen-bond acceptors (Lipinski definition) is 6. The highest BCUT2D eigenvalue weighted by molar-refractivity contribution is 7.89. The molecule has 1 aromatic heterocycles. The van der Waals surface area contributed by atoms with E-state index in [0.717, 1.165) is 22.9 Å². The summed E-state index contributed by atoms with van der Waals surface area (Å²) in [6.45, 7) is 3.02. The van der Waals surface area contributed by atoms with E-state index in [4.69, 9.17) is 11.6 Å². The topological polar surface area (TPSA) is 83.5 Å². The third-order valence-electron chi connectivity index (χ3n) is 5.03. The maximum atomic E-state index is 13.1. The molecule has 0 unspecified atom stereocenters. The number of aromatic nitrogens is 2. The molecule has 2 heterocycles. The van der Waals surface area contributed by atoms with Crippen LogP contribution in [0.25, 0.3) is 17.1 Å².